The minimum Gasteiger partial charge on any atom is 0 e. The smallest absolute Gasteiger partial charge is 0 e. The van der Waals surface area contributed by atoms with Gasteiger partial charge in [0.25, 0.3) is 0 Å². The van der Waals surface area contributed by atoms with Crippen molar-refractivity contribution in [1.82, 2.24) is 0 Å². The van der Waals surface area contributed by atoms with Crippen molar-refractivity contribution in [2.45, 2.75) is 0 Å². The second kappa shape index (κ2) is 18.1. The van der Waals surface area contributed by atoms with Gasteiger partial charge in [0.05, 0.1) is 0 Å². The molecule has 0 aliphatic rings. The summed E-state index contributed by atoms with van der Waals surface area (Å²) in [5, 5.41) is 0. The van der Waals surface area contributed by atoms with Gasteiger partial charge < -0.3 is 0 Å². The average Bonchev–Trinajstić information content (AvgIpc) is 0. The summed E-state index contributed by atoms with van der Waals surface area (Å²) < 4.78 is 0. The van der Waals surface area contributed by atoms with Gasteiger partial charge in [-0.2, -0.15) is 0 Å². The van der Waals surface area contributed by atoms with E-state index in [1.807, 2.05) is 0 Å². The maximum atomic E-state index is 0. The number of rotatable bonds is 0. The van der Waals surface area contributed by atoms with Gasteiger partial charge in [-0.05, 0) is 0 Å². The first-order chi connectivity index (χ1) is 0. The Morgan fingerprint density at radius 2 is 0.750 bits per heavy atom. The average molecular weight is 277 g/mol. The quantitative estimate of drug-likeness (QED) is 0.546. The molecule has 0 saturated heterocycles. The van der Waals surface area contributed by atoms with E-state index in [2.05, 4.69) is 0 Å². The molecule has 0 bridgehead atoms. The molecule has 4 heteroatoms. The molecule has 0 aromatic carbocycles. The van der Waals surface area contributed by atoms with Crippen LogP contribution in [0.5, 0.6) is 0 Å². The molecule has 0 aromatic rings. The Hall–Kier alpha value is 2.42. The summed E-state index contributed by atoms with van der Waals surface area (Å²) in [6.45, 7) is 0. The third kappa shape index (κ3) is 8.83. The van der Waals surface area contributed by atoms with Gasteiger partial charge in [0.2, 0.25) is 0 Å². The fourth-order valence-corrected chi connectivity index (χ4v) is 0. The molecule has 0 fully saturated rings. The van der Waals surface area contributed by atoms with E-state index in [0.717, 1.165) is 0 Å². The first-order valence-corrected chi connectivity index (χ1v) is 0. The third-order valence-electron chi connectivity index (χ3n) is 0. The Morgan fingerprint density at radius 3 is 0.750 bits per heavy atom. The van der Waals surface area contributed by atoms with Crippen LogP contribution >= 0.6 is 0 Å². The van der Waals surface area contributed by atoms with E-state index in [0.29, 0.717) is 0 Å². The van der Waals surface area contributed by atoms with E-state index in [-0.39, 0.29) is 76.8 Å². The number of hydrogen-bond donors (Lipinski definition) is 0. The molecule has 0 atom stereocenters. The van der Waals surface area contributed by atoms with E-state index < -0.39 is 0 Å². The molecule has 0 nitrogen and oxygen atoms in total. The Labute approximate surface area is 75.9 Å². The van der Waals surface area contributed by atoms with Crippen molar-refractivity contribution in [3.63, 3.8) is 0 Å². The minimum absolute atomic E-state index is 0. The minimum atomic E-state index is 0. The monoisotopic (exact) mass is 274 g/mol. The van der Waals surface area contributed by atoms with Crippen molar-refractivity contribution in [2.24, 2.45) is 0 Å². The molecule has 4 heavy (non-hydrogen) atoms. The van der Waals surface area contributed by atoms with Gasteiger partial charge >= 0.3 is 0 Å². The van der Waals surface area contributed by atoms with Crippen LogP contribution in [0.25, 0.3) is 0 Å². The van der Waals surface area contributed by atoms with Crippen LogP contribution in [0.15, 0.2) is 0 Å². The zero-order valence-electron chi connectivity index (χ0n) is 1.42. The largest absolute Gasteiger partial charge is 0 e. The second-order valence-corrected chi connectivity index (χ2v) is 0. The topological polar surface area (TPSA) is 0 Å². The maximum Gasteiger partial charge on any atom is 0 e. The van der Waals surface area contributed by atoms with Crippen molar-refractivity contribution in [3.8, 4) is 0 Å². The van der Waals surface area contributed by atoms with Crippen molar-refractivity contribution in [1.29, 1.82) is 0 Å². The summed E-state index contributed by atoms with van der Waals surface area (Å²) >= 11 is 0. The fourth-order valence-electron chi connectivity index (χ4n) is 0. The molecular weight excluding hydrogens is 277 g/mol. The molecule has 0 aromatic heterocycles. The van der Waals surface area contributed by atoms with Crippen LogP contribution in [0.2, 0.25) is 0 Å². The molecule has 0 aliphatic carbocycles. The SMILES string of the molecule is [Cu].[Cu].[Ni].[Zr]. The molecule has 0 amide bonds. The fraction of sp³-hybridized carbons (Fsp3) is 0. The Kier molecular flexibility index (Phi) is 146. The van der Waals surface area contributed by atoms with Gasteiger partial charge in [-0.25, -0.2) is 0 Å². The summed E-state index contributed by atoms with van der Waals surface area (Å²) in [5.41, 5.74) is 0. The van der Waals surface area contributed by atoms with Gasteiger partial charge in [-0.3, -0.25) is 0 Å². The molecule has 0 spiro atoms. The van der Waals surface area contributed by atoms with Crippen LogP contribution in [-0.2, 0) is 76.8 Å². The van der Waals surface area contributed by atoms with E-state index in [9.17, 15) is 0 Å². The van der Waals surface area contributed by atoms with Crippen LogP contribution in [0, 0.1) is 0 Å². The summed E-state index contributed by atoms with van der Waals surface area (Å²) in [7, 11) is 0. The zero-order chi connectivity index (χ0) is 0. The summed E-state index contributed by atoms with van der Waals surface area (Å²) in [6.07, 6.45) is 0. The molecular formula is Cu2NiZr. The zero-order valence-corrected chi connectivity index (χ0v) is 6.75. The summed E-state index contributed by atoms with van der Waals surface area (Å²) in [5.74, 6) is 0. The third-order valence-corrected chi connectivity index (χ3v) is 0. The molecule has 0 N–H and O–H groups in total. The van der Waals surface area contributed by atoms with Crippen molar-refractivity contribution in [2.75, 3.05) is 0 Å². The normalized spacial score (nSPS) is 0. The predicted octanol–water partition coefficient (Wildman–Crippen LogP) is -0.0100. The molecule has 0 aliphatic heterocycles. The van der Waals surface area contributed by atoms with Gasteiger partial charge in [-0.1, -0.05) is 0 Å². The van der Waals surface area contributed by atoms with Crippen LogP contribution in [0.4, 0.5) is 0 Å². The van der Waals surface area contributed by atoms with Gasteiger partial charge in [0.1, 0.15) is 0 Å². The van der Waals surface area contributed by atoms with Crippen molar-refractivity contribution < 1.29 is 76.8 Å². The molecule has 0 unspecified atom stereocenters. The van der Waals surface area contributed by atoms with Gasteiger partial charge in [0, 0.05) is 76.8 Å². The first kappa shape index (κ1) is 32.2. The predicted molar refractivity (Wildman–Crippen MR) is 0 cm³/mol. The van der Waals surface area contributed by atoms with Crippen LogP contribution in [-0.4, -0.2) is 0 Å². The van der Waals surface area contributed by atoms with Crippen molar-refractivity contribution in [3.05, 3.63) is 0 Å². The Bertz CT molecular complexity index is 6.00. The second-order valence-electron chi connectivity index (χ2n) is 0. The van der Waals surface area contributed by atoms with E-state index in [1.54, 1.807) is 0 Å². The number of hydrogen-bond acceptors (Lipinski definition) is 0. The Morgan fingerprint density at radius 1 is 0.750 bits per heavy atom. The summed E-state index contributed by atoms with van der Waals surface area (Å²) in [6, 6.07) is 0. The van der Waals surface area contributed by atoms with E-state index >= 15 is 0 Å². The molecule has 2 radical (unpaired) electrons. The van der Waals surface area contributed by atoms with Crippen LogP contribution in [0.3, 0.4) is 0 Å². The van der Waals surface area contributed by atoms with Crippen LogP contribution in [0.1, 0.15) is 0 Å². The standard InChI is InChI=1S/2Cu.Ni.Zr. The molecule has 36 valence electrons. The van der Waals surface area contributed by atoms with Gasteiger partial charge in [0.15, 0.2) is 0 Å². The first-order valence-electron chi connectivity index (χ1n) is 0. The van der Waals surface area contributed by atoms with E-state index in [1.165, 1.54) is 0 Å². The molecule has 0 rings (SSSR count). The molecule has 0 heterocycles. The summed E-state index contributed by atoms with van der Waals surface area (Å²) in [4.78, 5) is 0. The molecule has 0 saturated carbocycles. The van der Waals surface area contributed by atoms with Gasteiger partial charge in [-0.15, -0.1) is 0 Å². The maximum absolute atomic E-state index is 0. The van der Waals surface area contributed by atoms with Crippen LogP contribution < -0.4 is 0 Å². The van der Waals surface area contributed by atoms with E-state index in [4.69, 9.17) is 0 Å². The Balaban J connectivity index is 0. The van der Waals surface area contributed by atoms with Crippen molar-refractivity contribution >= 4 is 0 Å².